The van der Waals surface area contributed by atoms with E-state index in [1.54, 1.807) is 12.3 Å². The van der Waals surface area contributed by atoms with Crippen molar-refractivity contribution in [1.82, 2.24) is 20.6 Å². The maximum atomic E-state index is 12.1. The van der Waals surface area contributed by atoms with Gasteiger partial charge in [-0.3, -0.25) is 4.79 Å². The van der Waals surface area contributed by atoms with Crippen molar-refractivity contribution in [2.75, 3.05) is 31.6 Å². The van der Waals surface area contributed by atoms with Crippen LogP contribution in [-0.2, 0) is 0 Å². The minimum Gasteiger partial charge on any atom is -0.349 e. The molecule has 0 saturated carbocycles. The lowest BCUT2D eigenvalue weighted by molar-refractivity contribution is 0.0945. The van der Waals surface area contributed by atoms with E-state index in [1.165, 1.54) is 19.3 Å². The molecular formula is C14H23N5O. The number of piperidine rings is 1. The summed E-state index contributed by atoms with van der Waals surface area (Å²) >= 11 is 0. The number of nitrogens with one attached hydrogen (secondary N) is 2. The predicted molar refractivity (Wildman–Crippen MR) is 79.0 cm³/mol. The summed E-state index contributed by atoms with van der Waals surface area (Å²) in [5.74, 6) is 0.520. The fourth-order valence-corrected chi connectivity index (χ4v) is 2.16. The number of hydrogen-bond donors (Lipinski definition) is 2. The van der Waals surface area contributed by atoms with Crippen LogP contribution in [0.5, 0.6) is 0 Å². The minimum absolute atomic E-state index is 0.146. The number of amides is 1. The third-order valence-electron chi connectivity index (χ3n) is 3.58. The van der Waals surface area contributed by atoms with E-state index in [9.17, 15) is 4.79 Å². The SMILES string of the molecule is CNC(C)CNC(=O)c1ccnc(N2CCCCC2)n1. The van der Waals surface area contributed by atoms with Crippen LogP contribution < -0.4 is 15.5 Å². The minimum atomic E-state index is -0.146. The molecule has 2 N–H and O–H groups in total. The Morgan fingerprint density at radius 3 is 2.85 bits per heavy atom. The molecule has 1 amide bonds. The molecular weight excluding hydrogens is 254 g/mol. The molecule has 0 aliphatic carbocycles. The number of rotatable bonds is 5. The first-order valence-electron chi connectivity index (χ1n) is 7.24. The molecule has 0 bridgehead atoms. The van der Waals surface area contributed by atoms with Gasteiger partial charge in [0, 0.05) is 31.9 Å². The summed E-state index contributed by atoms with van der Waals surface area (Å²) in [7, 11) is 1.87. The van der Waals surface area contributed by atoms with Crippen molar-refractivity contribution >= 4 is 11.9 Å². The average Bonchev–Trinajstić information content (AvgIpc) is 2.53. The Hall–Kier alpha value is -1.69. The van der Waals surface area contributed by atoms with Gasteiger partial charge in [-0.15, -0.1) is 0 Å². The zero-order valence-corrected chi connectivity index (χ0v) is 12.2. The first-order chi connectivity index (χ1) is 9.70. The Morgan fingerprint density at radius 1 is 1.40 bits per heavy atom. The zero-order chi connectivity index (χ0) is 14.4. The van der Waals surface area contributed by atoms with Gasteiger partial charge in [-0.25, -0.2) is 9.97 Å². The van der Waals surface area contributed by atoms with E-state index in [4.69, 9.17) is 0 Å². The van der Waals surface area contributed by atoms with Crippen LogP contribution in [0.3, 0.4) is 0 Å². The molecule has 110 valence electrons. The fraction of sp³-hybridized carbons (Fsp3) is 0.643. The Balaban J connectivity index is 1.99. The van der Waals surface area contributed by atoms with Crippen LogP contribution in [0.15, 0.2) is 12.3 Å². The molecule has 6 heteroatoms. The van der Waals surface area contributed by atoms with E-state index in [2.05, 4.69) is 25.5 Å². The van der Waals surface area contributed by atoms with Gasteiger partial charge >= 0.3 is 0 Å². The van der Waals surface area contributed by atoms with Crippen molar-refractivity contribution < 1.29 is 4.79 Å². The second kappa shape index (κ2) is 7.19. The lowest BCUT2D eigenvalue weighted by atomic mass is 10.1. The van der Waals surface area contributed by atoms with Crippen molar-refractivity contribution in [3.05, 3.63) is 18.0 Å². The molecule has 1 saturated heterocycles. The molecule has 0 spiro atoms. The smallest absolute Gasteiger partial charge is 0.270 e. The highest BCUT2D eigenvalue weighted by atomic mass is 16.1. The first kappa shape index (κ1) is 14.7. The quantitative estimate of drug-likeness (QED) is 0.833. The molecule has 0 aromatic carbocycles. The Kier molecular flexibility index (Phi) is 5.29. The van der Waals surface area contributed by atoms with Gasteiger partial charge in [-0.2, -0.15) is 0 Å². The average molecular weight is 277 g/mol. The van der Waals surface area contributed by atoms with Gasteiger partial charge in [0.05, 0.1) is 0 Å². The van der Waals surface area contributed by atoms with E-state index in [0.717, 1.165) is 13.1 Å². The van der Waals surface area contributed by atoms with Crippen LogP contribution in [0, 0.1) is 0 Å². The predicted octanol–water partition coefficient (Wildman–Crippen LogP) is 0.805. The molecule has 1 aliphatic rings. The largest absolute Gasteiger partial charge is 0.349 e. The summed E-state index contributed by atoms with van der Waals surface area (Å²) in [5, 5.41) is 5.95. The van der Waals surface area contributed by atoms with Crippen LogP contribution >= 0.6 is 0 Å². The molecule has 1 aliphatic heterocycles. The van der Waals surface area contributed by atoms with Crippen molar-refractivity contribution in [1.29, 1.82) is 0 Å². The summed E-state index contributed by atoms with van der Waals surface area (Å²) in [4.78, 5) is 22.9. The summed E-state index contributed by atoms with van der Waals surface area (Å²) in [6.07, 6.45) is 5.25. The standard InChI is InChI=1S/C14H23N5O/c1-11(15-2)10-17-13(20)12-6-7-16-14(18-12)19-8-4-3-5-9-19/h6-7,11,15H,3-5,8-10H2,1-2H3,(H,17,20). The van der Waals surface area contributed by atoms with Crippen molar-refractivity contribution in [3.63, 3.8) is 0 Å². The van der Waals surface area contributed by atoms with E-state index in [1.807, 2.05) is 14.0 Å². The number of carbonyl (C=O) groups is 1. The molecule has 2 heterocycles. The number of hydrogen-bond acceptors (Lipinski definition) is 5. The molecule has 1 aromatic rings. The van der Waals surface area contributed by atoms with Crippen LogP contribution in [0.1, 0.15) is 36.7 Å². The normalized spacial score (nSPS) is 16.8. The van der Waals surface area contributed by atoms with Gasteiger partial charge in [0.2, 0.25) is 5.95 Å². The number of aromatic nitrogens is 2. The second-order valence-corrected chi connectivity index (χ2v) is 5.19. The van der Waals surface area contributed by atoms with Gasteiger partial charge in [-0.1, -0.05) is 0 Å². The second-order valence-electron chi connectivity index (χ2n) is 5.19. The first-order valence-corrected chi connectivity index (χ1v) is 7.24. The third kappa shape index (κ3) is 3.90. The molecule has 1 unspecified atom stereocenters. The van der Waals surface area contributed by atoms with Crippen LogP contribution in [0.2, 0.25) is 0 Å². The van der Waals surface area contributed by atoms with Gasteiger partial charge in [0.25, 0.3) is 5.91 Å². The lowest BCUT2D eigenvalue weighted by Crippen LogP contribution is -2.37. The number of carbonyl (C=O) groups excluding carboxylic acids is 1. The van der Waals surface area contributed by atoms with E-state index >= 15 is 0 Å². The molecule has 6 nitrogen and oxygen atoms in total. The van der Waals surface area contributed by atoms with E-state index in [0.29, 0.717) is 18.2 Å². The maximum Gasteiger partial charge on any atom is 0.270 e. The van der Waals surface area contributed by atoms with E-state index in [-0.39, 0.29) is 11.9 Å². The summed E-state index contributed by atoms with van der Waals surface area (Å²) in [6, 6.07) is 1.90. The van der Waals surface area contributed by atoms with Gasteiger partial charge in [0.15, 0.2) is 0 Å². The van der Waals surface area contributed by atoms with E-state index < -0.39 is 0 Å². The monoisotopic (exact) mass is 277 g/mol. The van der Waals surface area contributed by atoms with Crippen LogP contribution in [0.25, 0.3) is 0 Å². The Bertz CT molecular complexity index is 445. The Labute approximate surface area is 120 Å². The van der Waals surface area contributed by atoms with Gasteiger partial charge in [-0.05, 0) is 39.3 Å². The molecule has 1 aromatic heterocycles. The highest BCUT2D eigenvalue weighted by molar-refractivity contribution is 5.92. The third-order valence-corrected chi connectivity index (χ3v) is 3.58. The highest BCUT2D eigenvalue weighted by Crippen LogP contribution is 2.15. The number of likely N-dealkylation sites (N-methyl/N-ethyl adjacent to an activating group) is 1. The summed E-state index contributed by atoms with van der Waals surface area (Å²) in [6.45, 7) is 4.54. The molecule has 20 heavy (non-hydrogen) atoms. The van der Waals surface area contributed by atoms with Crippen molar-refractivity contribution in [2.45, 2.75) is 32.2 Å². The van der Waals surface area contributed by atoms with Crippen LogP contribution in [-0.4, -0.2) is 48.6 Å². The number of nitrogens with zero attached hydrogens (tertiary/aromatic N) is 3. The molecule has 2 rings (SSSR count). The number of anilines is 1. The maximum absolute atomic E-state index is 12.1. The summed E-state index contributed by atoms with van der Waals surface area (Å²) in [5.41, 5.74) is 0.434. The van der Waals surface area contributed by atoms with Gasteiger partial charge < -0.3 is 15.5 Å². The topological polar surface area (TPSA) is 70.2 Å². The molecule has 0 radical (unpaired) electrons. The molecule has 1 fully saturated rings. The van der Waals surface area contributed by atoms with Crippen LogP contribution in [0.4, 0.5) is 5.95 Å². The fourth-order valence-electron chi connectivity index (χ4n) is 2.16. The lowest BCUT2D eigenvalue weighted by Gasteiger charge is -2.26. The molecule has 1 atom stereocenters. The zero-order valence-electron chi connectivity index (χ0n) is 12.2. The Morgan fingerprint density at radius 2 is 2.15 bits per heavy atom. The van der Waals surface area contributed by atoms with Crippen molar-refractivity contribution in [3.8, 4) is 0 Å². The van der Waals surface area contributed by atoms with Gasteiger partial charge in [0.1, 0.15) is 5.69 Å². The van der Waals surface area contributed by atoms with Crippen molar-refractivity contribution in [2.24, 2.45) is 0 Å². The highest BCUT2D eigenvalue weighted by Gasteiger charge is 2.15. The summed E-state index contributed by atoms with van der Waals surface area (Å²) < 4.78 is 0.